The highest BCUT2D eigenvalue weighted by molar-refractivity contribution is 5.99. The van der Waals surface area contributed by atoms with Crippen molar-refractivity contribution in [1.29, 1.82) is 0 Å². The number of anilines is 1. The van der Waals surface area contributed by atoms with Crippen LogP contribution in [0.4, 0.5) is 5.69 Å². The van der Waals surface area contributed by atoms with Crippen LogP contribution in [0, 0.1) is 5.92 Å². The van der Waals surface area contributed by atoms with Crippen LogP contribution in [0.15, 0.2) is 24.3 Å². The van der Waals surface area contributed by atoms with Gasteiger partial charge in [-0.1, -0.05) is 12.1 Å². The van der Waals surface area contributed by atoms with Crippen LogP contribution in [0.2, 0.25) is 0 Å². The van der Waals surface area contributed by atoms with Crippen LogP contribution in [-0.4, -0.2) is 61.6 Å². The third-order valence-corrected chi connectivity index (χ3v) is 4.71. The average molecular weight is 303 g/mol. The van der Waals surface area contributed by atoms with Crippen molar-refractivity contribution in [3.63, 3.8) is 0 Å². The van der Waals surface area contributed by atoms with Gasteiger partial charge in [-0.2, -0.15) is 0 Å². The fourth-order valence-electron chi connectivity index (χ4n) is 3.33. The lowest BCUT2D eigenvalue weighted by Gasteiger charge is -2.36. The number of nitrogen functional groups attached to an aromatic ring is 1. The Balaban J connectivity index is 1.51. The van der Waals surface area contributed by atoms with Gasteiger partial charge in [0.1, 0.15) is 0 Å². The second kappa shape index (κ2) is 7.11. The molecule has 2 N–H and O–H groups in total. The van der Waals surface area contributed by atoms with Gasteiger partial charge in [-0.25, -0.2) is 0 Å². The maximum absolute atomic E-state index is 12.5. The molecule has 1 aromatic rings. The Labute approximate surface area is 132 Å². The lowest BCUT2D eigenvalue weighted by molar-refractivity contribution is 0.0243. The van der Waals surface area contributed by atoms with Crippen molar-refractivity contribution in [2.24, 2.45) is 5.92 Å². The Morgan fingerprint density at radius 3 is 2.50 bits per heavy atom. The quantitative estimate of drug-likeness (QED) is 0.859. The van der Waals surface area contributed by atoms with E-state index in [1.807, 2.05) is 23.1 Å². The minimum atomic E-state index is 0.0722. The van der Waals surface area contributed by atoms with Gasteiger partial charge in [0.2, 0.25) is 0 Å². The monoisotopic (exact) mass is 303 g/mol. The number of nitrogens with zero attached hydrogens (tertiary/aromatic N) is 2. The Kier molecular flexibility index (Phi) is 4.95. The zero-order chi connectivity index (χ0) is 15.4. The van der Waals surface area contributed by atoms with E-state index in [1.165, 1.54) is 0 Å². The van der Waals surface area contributed by atoms with Gasteiger partial charge in [0.15, 0.2) is 0 Å². The van der Waals surface area contributed by atoms with Gasteiger partial charge < -0.3 is 15.4 Å². The van der Waals surface area contributed by atoms with E-state index in [0.29, 0.717) is 17.2 Å². The molecular weight excluding hydrogens is 278 g/mol. The second-order valence-corrected chi connectivity index (χ2v) is 6.24. The molecule has 2 saturated heterocycles. The number of hydrogen-bond donors (Lipinski definition) is 1. The van der Waals surface area contributed by atoms with Crippen molar-refractivity contribution in [3.05, 3.63) is 29.8 Å². The molecule has 120 valence electrons. The van der Waals surface area contributed by atoms with Gasteiger partial charge in [0.05, 0.1) is 18.8 Å². The van der Waals surface area contributed by atoms with Gasteiger partial charge in [0.25, 0.3) is 5.91 Å². The smallest absolute Gasteiger partial charge is 0.255 e. The molecule has 0 aliphatic carbocycles. The number of nitrogens with two attached hydrogens (primary N) is 1. The summed E-state index contributed by atoms with van der Waals surface area (Å²) in [7, 11) is 0. The molecule has 0 unspecified atom stereocenters. The summed E-state index contributed by atoms with van der Waals surface area (Å²) in [6, 6.07) is 7.34. The molecule has 0 radical (unpaired) electrons. The van der Waals surface area contributed by atoms with Crippen LogP contribution in [-0.2, 0) is 4.74 Å². The van der Waals surface area contributed by atoms with Crippen LogP contribution < -0.4 is 5.73 Å². The third kappa shape index (κ3) is 3.59. The fourth-order valence-corrected chi connectivity index (χ4v) is 3.33. The third-order valence-electron chi connectivity index (χ3n) is 4.71. The van der Waals surface area contributed by atoms with Gasteiger partial charge in [-0.15, -0.1) is 0 Å². The molecule has 0 aromatic heterocycles. The first-order valence-corrected chi connectivity index (χ1v) is 8.18. The topological polar surface area (TPSA) is 58.8 Å². The molecule has 0 saturated carbocycles. The summed E-state index contributed by atoms with van der Waals surface area (Å²) in [6.45, 7) is 6.60. The molecule has 2 heterocycles. The number of hydrogen-bond acceptors (Lipinski definition) is 4. The van der Waals surface area contributed by atoms with Crippen LogP contribution in [0.25, 0.3) is 0 Å². The van der Waals surface area contributed by atoms with Crippen molar-refractivity contribution < 1.29 is 9.53 Å². The molecule has 22 heavy (non-hydrogen) atoms. The molecule has 0 atom stereocenters. The number of amides is 1. The van der Waals surface area contributed by atoms with Crippen LogP contribution >= 0.6 is 0 Å². The SMILES string of the molecule is Nc1ccccc1C(=O)N1CCC(CN2CCOCC2)CC1. The van der Waals surface area contributed by atoms with E-state index in [-0.39, 0.29) is 5.91 Å². The number of para-hydroxylation sites is 1. The number of morpholine rings is 1. The fraction of sp³-hybridized carbons (Fsp3) is 0.588. The first-order valence-electron chi connectivity index (χ1n) is 8.18. The standard InChI is InChI=1S/C17H25N3O2/c18-16-4-2-1-3-15(16)17(21)20-7-5-14(6-8-20)13-19-9-11-22-12-10-19/h1-4,14H,5-13,18H2. The van der Waals surface area contributed by atoms with Gasteiger partial charge in [-0.3, -0.25) is 9.69 Å². The largest absolute Gasteiger partial charge is 0.398 e. The predicted molar refractivity (Wildman–Crippen MR) is 86.7 cm³/mol. The van der Waals surface area contributed by atoms with Crippen molar-refractivity contribution in [2.75, 3.05) is 51.7 Å². The minimum Gasteiger partial charge on any atom is -0.398 e. The van der Waals surface area contributed by atoms with E-state index in [0.717, 1.165) is 58.8 Å². The van der Waals surface area contributed by atoms with E-state index in [1.54, 1.807) is 6.07 Å². The first kappa shape index (κ1) is 15.3. The second-order valence-electron chi connectivity index (χ2n) is 6.24. The van der Waals surface area contributed by atoms with Gasteiger partial charge in [0, 0.05) is 38.4 Å². The summed E-state index contributed by atoms with van der Waals surface area (Å²) in [6.07, 6.45) is 2.16. The number of likely N-dealkylation sites (tertiary alicyclic amines) is 1. The number of rotatable bonds is 3. The highest BCUT2D eigenvalue weighted by atomic mass is 16.5. The van der Waals surface area contributed by atoms with E-state index >= 15 is 0 Å². The van der Waals surface area contributed by atoms with E-state index < -0.39 is 0 Å². The maximum Gasteiger partial charge on any atom is 0.255 e. The number of ether oxygens (including phenoxy) is 1. The van der Waals surface area contributed by atoms with Crippen molar-refractivity contribution in [2.45, 2.75) is 12.8 Å². The molecule has 0 spiro atoms. The number of carbonyl (C=O) groups is 1. The summed E-state index contributed by atoms with van der Waals surface area (Å²) < 4.78 is 5.39. The maximum atomic E-state index is 12.5. The predicted octanol–water partition coefficient (Wildman–Crippen LogP) is 1.45. The molecular formula is C17H25N3O2. The van der Waals surface area contributed by atoms with E-state index in [4.69, 9.17) is 10.5 Å². The van der Waals surface area contributed by atoms with Crippen molar-refractivity contribution in [3.8, 4) is 0 Å². The molecule has 2 aliphatic rings. The summed E-state index contributed by atoms with van der Waals surface area (Å²) in [4.78, 5) is 17.0. The summed E-state index contributed by atoms with van der Waals surface area (Å²) in [5.41, 5.74) is 7.12. The van der Waals surface area contributed by atoms with E-state index in [2.05, 4.69) is 4.90 Å². The molecule has 2 fully saturated rings. The molecule has 5 nitrogen and oxygen atoms in total. The number of carbonyl (C=O) groups excluding carboxylic acids is 1. The van der Waals surface area contributed by atoms with Crippen LogP contribution in [0.1, 0.15) is 23.2 Å². The molecule has 0 bridgehead atoms. The van der Waals surface area contributed by atoms with Crippen molar-refractivity contribution >= 4 is 11.6 Å². The Bertz CT molecular complexity index is 506. The van der Waals surface area contributed by atoms with Gasteiger partial charge >= 0.3 is 0 Å². The van der Waals surface area contributed by atoms with E-state index in [9.17, 15) is 4.79 Å². The average Bonchev–Trinajstić information content (AvgIpc) is 2.56. The summed E-state index contributed by atoms with van der Waals surface area (Å²) >= 11 is 0. The lowest BCUT2D eigenvalue weighted by Crippen LogP contribution is -2.44. The zero-order valence-electron chi connectivity index (χ0n) is 13.0. The zero-order valence-corrected chi connectivity index (χ0v) is 13.0. The Morgan fingerprint density at radius 1 is 1.14 bits per heavy atom. The normalized spacial score (nSPS) is 21.0. The lowest BCUT2D eigenvalue weighted by atomic mass is 9.95. The summed E-state index contributed by atoms with van der Waals surface area (Å²) in [5.74, 6) is 0.762. The highest BCUT2D eigenvalue weighted by Crippen LogP contribution is 2.22. The Morgan fingerprint density at radius 2 is 1.82 bits per heavy atom. The Hall–Kier alpha value is -1.59. The van der Waals surface area contributed by atoms with Crippen LogP contribution in [0.3, 0.4) is 0 Å². The van der Waals surface area contributed by atoms with Crippen LogP contribution in [0.5, 0.6) is 0 Å². The van der Waals surface area contributed by atoms with Crippen molar-refractivity contribution in [1.82, 2.24) is 9.80 Å². The molecule has 1 aromatic carbocycles. The molecule has 5 heteroatoms. The molecule has 1 amide bonds. The minimum absolute atomic E-state index is 0.0722. The molecule has 2 aliphatic heterocycles. The number of benzene rings is 1. The summed E-state index contributed by atoms with van der Waals surface area (Å²) in [5, 5.41) is 0. The van der Waals surface area contributed by atoms with Gasteiger partial charge in [-0.05, 0) is 30.9 Å². The first-order chi connectivity index (χ1) is 10.7. The highest BCUT2D eigenvalue weighted by Gasteiger charge is 2.26. The number of piperidine rings is 1. The molecule has 3 rings (SSSR count).